The molecule has 0 aliphatic carbocycles. The molecular formula is C13H16BrNO4S. The summed E-state index contributed by atoms with van der Waals surface area (Å²) in [6, 6.07) is 2.38. The summed E-state index contributed by atoms with van der Waals surface area (Å²) in [5, 5.41) is 9.15. The average molecular weight is 362 g/mol. The Labute approximate surface area is 126 Å². The van der Waals surface area contributed by atoms with Crippen LogP contribution in [0.5, 0.6) is 0 Å². The van der Waals surface area contributed by atoms with Crippen molar-refractivity contribution in [1.29, 1.82) is 0 Å². The van der Waals surface area contributed by atoms with E-state index in [0.29, 0.717) is 18.4 Å². The quantitative estimate of drug-likeness (QED) is 0.896. The molecule has 1 fully saturated rings. The first-order valence-electron chi connectivity index (χ1n) is 6.26. The molecule has 1 N–H and O–H groups in total. The molecule has 0 aromatic heterocycles. The van der Waals surface area contributed by atoms with Crippen LogP contribution < -0.4 is 0 Å². The third-order valence-corrected chi connectivity index (χ3v) is 6.44. The predicted octanol–water partition coefficient (Wildman–Crippen LogP) is 2.30. The van der Waals surface area contributed by atoms with Crippen molar-refractivity contribution in [2.45, 2.75) is 37.6 Å². The molecule has 1 aromatic carbocycles. The lowest BCUT2D eigenvalue weighted by atomic mass is 10.2. The van der Waals surface area contributed by atoms with Gasteiger partial charge in [0.2, 0.25) is 10.0 Å². The molecule has 5 nitrogen and oxygen atoms in total. The molecule has 1 aromatic rings. The Morgan fingerprint density at radius 2 is 2.00 bits per heavy atom. The van der Waals surface area contributed by atoms with Crippen LogP contribution in [0.4, 0.5) is 0 Å². The van der Waals surface area contributed by atoms with Gasteiger partial charge >= 0.3 is 5.97 Å². The Hall–Kier alpha value is -0.920. The molecule has 0 amide bonds. The summed E-state index contributed by atoms with van der Waals surface area (Å²) >= 11 is 3.36. The fourth-order valence-electron chi connectivity index (χ4n) is 2.43. The van der Waals surface area contributed by atoms with Gasteiger partial charge in [-0.1, -0.05) is 15.9 Å². The van der Waals surface area contributed by atoms with Gasteiger partial charge in [-0.05, 0) is 49.9 Å². The normalized spacial score (nSPS) is 20.2. The minimum atomic E-state index is -3.77. The van der Waals surface area contributed by atoms with Crippen molar-refractivity contribution in [3.63, 3.8) is 0 Å². The zero-order chi connectivity index (χ0) is 15.1. The fraction of sp³-hybridized carbons (Fsp3) is 0.462. The Balaban J connectivity index is 2.50. The molecule has 0 spiro atoms. The maximum Gasteiger partial charge on any atom is 0.322 e. The second-order valence-electron chi connectivity index (χ2n) is 4.98. The van der Waals surface area contributed by atoms with Crippen molar-refractivity contribution in [2.75, 3.05) is 6.54 Å². The summed E-state index contributed by atoms with van der Waals surface area (Å²) < 4.78 is 27.3. The van der Waals surface area contributed by atoms with Crippen LogP contribution >= 0.6 is 15.9 Å². The Morgan fingerprint density at radius 1 is 1.35 bits per heavy atom. The summed E-state index contributed by atoms with van der Waals surface area (Å²) in [7, 11) is -3.77. The van der Waals surface area contributed by atoms with E-state index in [-0.39, 0.29) is 11.4 Å². The van der Waals surface area contributed by atoms with Crippen molar-refractivity contribution in [3.8, 4) is 0 Å². The van der Waals surface area contributed by atoms with E-state index >= 15 is 0 Å². The minimum Gasteiger partial charge on any atom is -0.480 e. The third-order valence-electron chi connectivity index (χ3n) is 3.53. The lowest BCUT2D eigenvalue weighted by Crippen LogP contribution is -2.40. The summed E-state index contributed by atoms with van der Waals surface area (Å²) in [6.45, 7) is 3.78. The van der Waals surface area contributed by atoms with Gasteiger partial charge in [0, 0.05) is 11.0 Å². The lowest BCUT2D eigenvalue weighted by Gasteiger charge is -2.22. The largest absolute Gasteiger partial charge is 0.480 e. The smallest absolute Gasteiger partial charge is 0.322 e. The van der Waals surface area contributed by atoms with Crippen LogP contribution in [-0.2, 0) is 14.8 Å². The number of halogens is 1. The number of aryl methyl sites for hydroxylation is 2. The average Bonchev–Trinajstić information content (AvgIpc) is 2.83. The van der Waals surface area contributed by atoms with Gasteiger partial charge in [0.15, 0.2) is 0 Å². The molecule has 20 heavy (non-hydrogen) atoms. The summed E-state index contributed by atoms with van der Waals surface area (Å²) in [4.78, 5) is 11.4. The Morgan fingerprint density at radius 3 is 2.60 bits per heavy atom. The molecule has 1 saturated heterocycles. The molecule has 0 bridgehead atoms. The zero-order valence-electron chi connectivity index (χ0n) is 11.3. The van der Waals surface area contributed by atoms with E-state index in [1.54, 1.807) is 26.0 Å². The van der Waals surface area contributed by atoms with Crippen LogP contribution in [-0.4, -0.2) is 36.4 Å². The number of carbonyl (C=O) groups is 1. The van der Waals surface area contributed by atoms with Gasteiger partial charge in [-0.25, -0.2) is 8.42 Å². The molecule has 1 aliphatic rings. The molecule has 7 heteroatoms. The first kappa shape index (κ1) is 15.5. The topological polar surface area (TPSA) is 74.7 Å². The van der Waals surface area contributed by atoms with Gasteiger partial charge in [-0.15, -0.1) is 0 Å². The van der Waals surface area contributed by atoms with E-state index in [9.17, 15) is 13.2 Å². The standard InChI is InChI=1S/C13H16BrNO4S/c1-8-7-12(9(2)6-10(8)14)20(18,19)15-5-3-4-11(15)13(16)17/h6-7,11H,3-5H2,1-2H3,(H,16,17). The maximum atomic E-state index is 12.7. The van der Waals surface area contributed by atoms with Crippen LogP contribution in [0.1, 0.15) is 24.0 Å². The molecular weight excluding hydrogens is 346 g/mol. The molecule has 1 unspecified atom stereocenters. The Kier molecular flexibility index (Phi) is 4.22. The van der Waals surface area contributed by atoms with E-state index in [1.807, 2.05) is 0 Å². The molecule has 1 aliphatic heterocycles. The van der Waals surface area contributed by atoms with Crippen molar-refractivity contribution in [1.82, 2.24) is 4.31 Å². The van der Waals surface area contributed by atoms with E-state index in [2.05, 4.69) is 15.9 Å². The first-order valence-corrected chi connectivity index (χ1v) is 8.50. The number of sulfonamides is 1. The number of carboxylic acid groups (broad SMARTS) is 1. The van der Waals surface area contributed by atoms with Gasteiger partial charge in [0.25, 0.3) is 0 Å². The highest BCUT2D eigenvalue weighted by Crippen LogP contribution is 2.30. The van der Waals surface area contributed by atoms with E-state index < -0.39 is 22.0 Å². The highest BCUT2D eigenvalue weighted by Gasteiger charge is 2.40. The van der Waals surface area contributed by atoms with Crippen molar-refractivity contribution >= 4 is 31.9 Å². The number of carboxylic acids is 1. The SMILES string of the molecule is Cc1cc(S(=O)(=O)N2CCCC2C(=O)O)c(C)cc1Br. The summed E-state index contributed by atoms with van der Waals surface area (Å²) in [6.07, 6.45) is 0.938. The molecule has 1 heterocycles. The van der Waals surface area contributed by atoms with Gasteiger partial charge in [-0.2, -0.15) is 4.31 Å². The lowest BCUT2D eigenvalue weighted by molar-refractivity contribution is -0.140. The van der Waals surface area contributed by atoms with Crippen LogP contribution in [0.3, 0.4) is 0 Å². The zero-order valence-corrected chi connectivity index (χ0v) is 13.7. The summed E-state index contributed by atoms with van der Waals surface area (Å²) in [5.41, 5.74) is 1.42. The van der Waals surface area contributed by atoms with Crippen LogP contribution in [0.2, 0.25) is 0 Å². The second kappa shape index (κ2) is 5.46. The molecule has 0 radical (unpaired) electrons. The highest BCUT2D eigenvalue weighted by molar-refractivity contribution is 9.10. The Bertz CT molecular complexity index is 657. The molecule has 0 saturated carbocycles. The van der Waals surface area contributed by atoms with Crippen molar-refractivity contribution < 1.29 is 18.3 Å². The minimum absolute atomic E-state index is 0.186. The van der Waals surface area contributed by atoms with Gasteiger partial charge in [0.1, 0.15) is 6.04 Å². The molecule has 1 atom stereocenters. The second-order valence-corrected chi connectivity index (χ2v) is 7.69. The van der Waals surface area contributed by atoms with E-state index in [1.165, 1.54) is 0 Å². The van der Waals surface area contributed by atoms with E-state index in [0.717, 1.165) is 14.3 Å². The van der Waals surface area contributed by atoms with Crippen LogP contribution in [0, 0.1) is 13.8 Å². The maximum absolute atomic E-state index is 12.7. The van der Waals surface area contributed by atoms with E-state index in [4.69, 9.17) is 5.11 Å². The first-order chi connectivity index (χ1) is 9.25. The number of rotatable bonds is 3. The fourth-order valence-corrected chi connectivity index (χ4v) is 4.84. The van der Waals surface area contributed by atoms with Gasteiger partial charge in [-0.3, -0.25) is 4.79 Å². The number of hydrogen-bond donors (Lipinski definition) is 1. The van der Waals surface area contributed by atoms with Crippen LogP contribution in [0.25, 0.3) is 0 Å². The number of hydrogen-bond acceptors (Lipinski definition) is 3. The molecule has 110 valence electrons. The highest BCUT2D eigenvalue weighted by atomic mass is 79.9. The van der Waals surface area contributed by atoms with Crippen molar-refractivity contribution in [2.24, 2.45) is 0 Å². The molecule has 2 rings (SSSR count). The third kappa shape index (κ3) is 2.62. The monoisotopic (exact) mass is 361 g/mol. The van der Waals surface area contributed by atoms with Gasteiger partial charge in [0.05, 0.1) is 4.90 Å². The van der Waals surface area contributed by atoms with Gasteiger partial charge < -0.3 is 5.11 Å². The number of aliphatic carboxylic acids is 1. The number of nitrogens with zero attached hydrogens (tertiary/aromatic N) is 1. The predicted molar refractivity (Wildman–Crippen MR) is 78.2 cm³/mol. The van der Waals surface area contributed by atoms with Crippen molar-refractivity contribution in [3.05, 3.63) is 27.7 Å². The van der Waals surface area contributed by atoms with Crippen LogP contribution in [0.15, 0.2) is 21.5 Å². The number of benzene rings is 1. The summed E-state index contributed by atoms with van der Waals surface area (Å²) in [5.74, 6) is -1.09.